The second-order valence-corrected chi connectivity index (χ2v) is 7.07. The van der Waals surface area contributed by atoms with Crippen molar-refractivity contribution >= 4 is 17.9 Å². The molecule has 0 bridgehead atoms. The number of alkyl halides is 3. The molecule has 1 aliphatic rings. The summed E-state index contributed by atoms with van der Waals surface area (Å²) >= 11 is 0. The van der Waals surface area contributed by atoms with Crippen molar-refractivity contribution in [3.63, 3.8) is 0 Å². The fraction of sp³-hybridized carbons (Fsp3) is 0.571. The van der Waals surface area contributed by atoms with Gasteiger partial charge in [-0.25, -0.2) is 4.79 Å². The minimum atomic E-state index is -5.08. The van der Waals surface area contributed by atoms with Crippen molar-refractivity contribution in [3.05, 3.63) is 29.8 Å². The Morgan fingerprint density at radius 2 is 1.73 bits per heavy atom. The van der Waals surface area contributed by atoms with Crippen LogP contribution in [0.15, 0.2) is 24.3 Å². The summed E-state index contributed by atoms with van der Waals surface area (Å²) in [6.45, 7) is 5.01. The van der Waals surface area contributed by atoms with Crippen LogP contribution in [0.2, 0.25) is 0 Å². The predicted octanol–water partition coefficient (Wildman–Crippen LogP) is 2.89. The second kappa shape index (κ2) is 14.3. The van der Waals surface area contributed by atoms with E-state index in [4.69, 9.17) is 29.2 Å². The van der Waals surface area contributed by atoms with E-state index in [2.05, 4.69) is 4.90 Å². The molecule has 1 unspecified atom stereocenters. The summed E-state index contributed by atoms with van der Waals surface area (Å²) in [6, 6.07) is 7.81. The Morgan fingerprint density at radius 3 is 2.27 bits per heavy atom. The van der Waals surface area contributed by atoms with Crippen molar-refractivity contribution < 1.29 is 52.0 Å². The number of carbonyl (C=O) groups is 3. The van der Waals surface area contributed by atoms with Crippen LogP contribution in [0.25, 0.3) is 0 Å². The van der Waals surface area contributed by atoms with Gasteiger partial charge in [0.15, 0.2) is 0 Å². The first-order chi connectivity index (χ1) is 15.5. The summed E-state index contributed by atoms with van der Waals surface area (Å²) in [7, 11) is 0. The maximum absolute atomic E-state index is 10.7. The SMILES string of the molecule is CC(=O)OCCCCOc1ccc(C2CN(CCC(=O)O)CCO2)cc1.O=C(O)C(F)(F)F. The lowest BCUT2D eigenvalue weighted by atomic mass is 10.1. The van der Waals surface area contributed by atoms with Crippen LogP contribution in [0.5, 0.6) is 5.75 Å². The second-order valence-electron chi connectivity index (χ2n) is 7.07. The zero-order chi connectivity index (χ0) is 24.9. The number of halogens is 3. The van der Waals surface area contributed by atoms with Gasteiger partial charge in [0.25, 0.3) is 0 Å². The molecule has 1 saturated heterocycles. The summed E-state index contributed by atoms with van der Waals surface area (Å²) in [6.07, 6.45) is -3.38. The molecule has 1 atom stereocenters. The number of unbranched alkanes of at least 4 members (excludes halogenated alkanes) is 1. The van der Waals surface area contributed by atoms with E-state index in [0.29, 0.717) is 32.9 Å². The minimum absolute atomic E-state index is 0.0460. The Bertz CT molecular complexity index is 755. The molecule has 0 spiro atoms. The summed E-state index contributed by atoms with van der Waals surface area (Å²) in [5.41, 5.74) is 1.06. The number of esters is 1. The predicted molar refractivity (Wildman–Crippen MR) is 109 cm³/mol. The third-order valence-corrected chi connectivity index (χ3v) is 4.40. The van der Waals surface area contributed by atoms with E-state index in [1.165, 1.54) is 6.92 Å². The Kier molecular flexibility index (Phi) is 12.2. The molecule has 0 aliphatic carbocycles. The molecule has 1 aromatic carbocycles. The fourth-order valence-electron chi connectivity index (χ4n) is 2.75. The van der Waals surface area contributed by atoms with Crippen molar-refractivity contribution in [1.82, 2.24) is 4.90 Å². The molecule has 1 aromatic rings. The van der Waals surface area contributed by atoms with Gasteiger partial charge >= 0.3 is 24.1 Å². The third-order valence-electron chi connectivity index (χ3n) is 4.40. The molecule has 9 nitrogen and oxygen atoms in total. The maximum atomic E-state index is 10.7. The summed E-state index contributed by atoms with van der Waals surface area (Å²) in [5.74, 6) is -3.00. The number of morpholine rings is 1. The highest BCUT2D eigenvalue weighted by Gasteiger charge is 2.38. The smallest absolute Gasteiger partial charge is 0.490 e. The monoisotopic (exact) mass is 479 g/mol. The lowest BCUT2D eigenvalue weighted by Crippen LogP contribution is -2.39. The van der Waals surface area contributed by atoms with E-state index in [9.17, 15) is 22.8 Å². The van der Waals surface area contributed by atoms with Crippen LogP contribution in [0, 0.1) is 0 Å². The van der Waals surface area contributed by atoms with Gasteiger partial charge in [-0.15, -0.1) is 0 Å². The van der Waals surface area contributed by atoms with Gasteiger partial charge in [-0.2, -0.15) is 13.2 Å². The van der Waals surface area contributed by atoms with Gasteiger partial charge in [-0.1, -0.05) is 12.1 Å². The van der Waals surface area contributed by atoms with Gasteiger partial charge in [0.2, 0.25) is 0 Å². The van der Waals surface area contributed by atoms with E-state index in [1.54, 1.807) is 0 Å². The van der Waals surface area contributed by atoms with Crippen molar-refractivity contribution in [2.45, 2.75) is 38.5 Å². The standard InChI is InChI=1S/C19H27NO6.C2HF3O2/c1-15(21)24-11-2-3-12-25-17-6-4-16(5-7-17)18-14-20(10-13-26-18)9-8-19(22)23;3-2(4,5)1(6)7/h4-7,18H,2-3,8-14H2,1H3,(H,22,23);(H,6,7). The fourth-order valence-corrected chi connectivity index (χ4v) is 2.75. The Hall–Kier alpha value is -2.86. The quantitative estimate of drug-likeness (QED) is 0.385. The first-order valence-electron chi connectivity index (χ1n) is 10.2. The number of benzene rings is 1. The van der Waals surface area contributed by atoms with E-state index < -0.39 is 18.1 Å². The molecule has 0 saturated carbocycles. The highest BCUT2D eigenvalue weighted by Crippen LogP contribution is 2.24. The third kappa shape index (κ3) is 12.7. The largest absolute Gasteiger partial charge is 0.494 e. The van der Waals surface area contributed by atoms with Gasteiger partial charge in [-0.3, -0.25) is 14.5 Å². The molecule has 0 radical (unpaired) electrons. The molecule has 2 N–H and O–H groups in total. The molecule has 33 heavy (non-hydrogen) atoms. The normalized spacial score (nSPS) is 16.3. The van der Waals surface area contributed by atoms with Crippen LogP contribution in [0.4, 0.5) is 13.2 Å². The van der Waals surface area contributed by atoms with Gasteiger partial charge in [0.1, 0.15) is 5.75 Å². The van der Waals surface area contributed by atoms with Crippen LogP contribution < -0.4 is 4.74 Å². The van der Waals surface area contributed by atoms with E-state index in [0.717, 1.165) is 30.7 Å². The molecular weight excluding hydrogens is 451 g/mol. The summed E-state index contributed by atoms with van der Waals surface area (Å²) in [4.78, 5) is 32.4. The molecule has 1 aliphatic heterocycles. The number of nitrogens with zero attached hydrogens (tertiary/aromatic N) is 1. The first kappa shape index (κ1) is 28.2. The molecule has 1 heterocycles. The maximum Gasteiger partial charge on any atom is 0.490 e. The van der Waals surface area contributed by atoms with Crippen LogP contribution in [0.1, 0.15) is 37.9 Å². The van der Waals surface area contributed by atoms with Crippen LogP contribution in [-0.2, 0) is 23.9 Å². The molecule has 0 amide bonds. The highest BCUT2D eigenvalue weighted by molar-refractivity contribution is 5.73. The van der Waals surface area contributed by atoms with Gasteiger partial charge < -0.3 is 24.4 Å². The zero-order valence-corrected chi connectivity index (χ0v) is 18.2. The van der Waals surface area contributed by atoms with Crippen molar-refractivity contribution in [1.29, 1.82) is 0 Å². The number of carbonyl (C=O) groups excluding carboxylic acids is 1. The lowest BCUT2D eigenvalue weighted by molar-refractivity contribution is -0.192. The summed E-state index contributed by atoms with van der Waals surface area (Å²) < 4.78 is 48.1. The Labute approximate surface area is 189 Å². The van der Waals surface area contributed by atoms with E-state index in [-0.39, 0.29) is 18.5 Å². The molecule has 1 fully saturated rings. The van der Waals surface area contributed by atoms with Crippen molar-refractivity contribution in [2.24, 2.45) is 0 Å². The number of carboxylic acid groups (broad SMARTS) is 2. The van der Waals surface area contributed by atoms with E-state index >= 15 is 0 Å². The topological polar surface area (TPSA) is 123 Å². The van der Waals surface area contributed by atoms with Crippen molar-refractivity contribution in [2.75, 3.05) is 39.5 Å². The van der Waals surface area contributed by atoms with Crippen LogP contribution >= 0.6 is 0 Å². The summed E-state index contributed by atoms with van der Waals surface area (Å²) in [5, 5.41) is 15.9. The molecule has 2 rings (SSSR count). The molecule has 0 aromatic heterocycles. The van der Waals surface area contributed by atoms with Crippen molar-refractivity contribution in [3.8, 4) is 5.75 Å². The van der Waals surface area contributed by atoms with Crippen LogP contribution in [0.3, 0.4) is 0 Å². The highest BCUT2D eigenvalue weighted by atomic mass is 19.4. The van der Waals surface area contributed by atoms with Gasteiger partial charge in [0, 0.05) is 26.6 Å². The number of hydrogen-bond acceptors (Lipinski definition) is 7. The molecular formula is C21H28F3NO8. The number of hydrogen-bond donors (Lipinski definition) is 2. The number of rotatable bonds is 10. The van der Waals surface area contributed by atoms with Gasteiger partial charge in [-0.05, 0) is 30.5 Å². The number of carboxylic acids is 2. The minimum Gasteiger partial charge on any atom is -0.494 e. The Morgan fingerprint density at radius 1 is 1.12 bits per heavy atom. The van der Waals surface area contributed by atoms with E-state index in [1.807, 2.05) is 24.3 Å². The number of ether oxygens (including phenoxy) is 3. The average Bonchev–Trinajstić information content (AvgIpc) is 2.75. The Balaban J connectivity index is 0.000000675. The first-order valence-corrected chi connectivity index (χ1v) is 10.2. The molecule has 12 heteroatoms. The zero-order valence-electron chi connectivity index (χ0n) is 18.2. The number of aliphatic carboxylic acids is 2. The molecule has 186 valence electrons. The van der Waals surface area contributed by atoms with Crippen LogP contribution in [-0.4, -0.2) is 78.7 Å². The van der Waals surface area contributed by atoms with Gasteiger partial charge in [0.05, 0.1) is 32.3 Å². The lowest BCUT2D eigenvalue weighted by Gasteiger charge is -2.32. The average molecular weight is 479 g/mol.